The first-order valence-corrected chi connectivity index (χ1v) is 10.7. The highest BCUT2D eigenvalue weighted by molar-refractivity contribution is 7.99. The number of hydrogen-bond donors (Lipinski definition) is 0. The molecule has 1 amide bonds. The van der Waals surface area contributed by atoms with Gasteiger partial charge in [0, 0.05) is 26.2 Å². The molecule has 1 saturated heterocycles. The highest BCUT2D eigenvalue weighted by atomic mass is 32.2. The largest absolute Gasteiger partial charge is 0.497 e. The summed E-state index contributed by atoms with van der Waals surface area (Å²) in [6, 6.07) is 8.35. The van der Waals surface area contributed by atoms with Crippen LogP contribution in [0.3, 0.4) is 0 Å². The van der Waals surface area contributed by atoms with E-state index in [-0.39, 0.29) is 5.91 Å². The summed E-state index contributed by atoms with van der Waals surface area (Å²) in [4.78, 5) is 16.8. The minimum Gasteiger partial charge on any atom is -0.497 e. The molecule has 4 nitrogen and oxygen atoms in total. The topological polar surface area (TPSA) is 32.8 Å². The molecule has 1 fully saturated rings. The van der Waals surface area contributed by atoms with Crippen LogP contribution in [0.15, 0.2) is 24.3 Å². The van der Waals surface area contributed by atoms with E-state index in [9.17, 15) is 4.79 Å². The van der Waals surface area contributed by atoms with Crippen molar-refractivity contribution in [3.05, 3.63) is 29.8 Å². The zero-order valence-corrected chi connectivity index (χ0v) is 16.7. The van der Waals surface area contributed by atoms with Gasteiger partial charge in [-0.25, -0.2) is 0 Å². The van der Waals surface area contributed by atoms with Gasteiger partial charge in [0.2, 0.25) is 5.91 Å². The number of ether oxygens (including phenoxy) is 1. The molecule has 1 heterocycles. The Kier molecular flexibility index (Phi) is 8.62. The Morgan fingerprint density at radius 1 is 1.44 bits per heavy atom. The molecule has 1 atom stereocenters. The molecule has 25 heavy (non-hydrogen) atoms. The van der Waals surface area contributed by atoms with Gasteiger partial charge in [0.15, 0.2) is 0 Å². The first kappa shape index (κ1) is 20.1. The number of carbonyl (C=O) groups excluding carboxylic acids is 1. The summed E-state index contributed by atoms with van der Waals surface area (Å²) >= 11 is 1.61. The highest BCUT2D eigenvalue weighted by Gasteiger charge is 2.23. The van der Waals surface area contributed by atoms with Gasteiger partial charge in [-0.1, -0.05) is 12.1 Å². The van der Waals surface area contributed by atoms with Gasteiger partial charge in [-0.2, -0.15) is 11.8 Å². The van der Waals surface area contributed by atoms with Crippen LogP contribution in [0.5, 0.6) is 5.75 Å². The van der Waals surface area contributed by atoms with E-state index in [4.69, 9.17) is 4.74 Å². The summed E-state index contributed by atoms with van der Waals surface area (Å²) in [5.74, 6) is 2.41. The lowest BCUT2D eigenvalue weighted by Crippen LogP contribution is -2.43. The molecule has 1 aromatic carbocycles. The van der Waals surface area contributed by atoms with Gasteiger partial charge in [-0.05, 0) is 62.6 Å². The van der Waals surface area contributed by atoms with Crippen LogP contribution in [0.25, 0.3) is 0 Å². The third kappa shape index (κ3) is 6.55. The van der Waals surface area contributed by atoms with Crippen LogP contribution in [0.1, 0.15) is 25.3 Å². The molecule has 0 saturated carbocycles. The summed E-state index contributed by atoms with van der Waals surface area (Å²) in [5, 5.41) is 0. The van der Waals surface area contributed by atoms with Crippen molar-refractivity contribution < 1.29 is 9.53 Å². The van der Waals surface area contributed by atoms with Gasteiger partial charge in [-0.3, -0.25) is 4.79 Å². The molecular formula is C20H32N2O2S. The molecule has 0 bridgehead atoms. The van der Waals surface area contributed by atoms with E-state index >= 15 is 0 Å². The van der Waals surface area contributed by atoms with Gasteiger partial charge < -0.3 is 14.5 Å². The average Bonchev–Trinajstić information content (AvgIpc) is 2.65. The molecule has 1 aromatic rings. The molecular weight excluding hydrogens is 332 g/mol. The maximum atomic E-state index is 12.2. The Morgan fingerprint density at radius 3 is 3.00 bits per heavy atom. The highest BCUT2D eigenvalue weighted by Crippen LogP contribution is 2.19. The summed E-state index contributed by atoms with van der Waals surface area (Å²) in [7, 11) is 1.71. The minimum atomic E-state index is 0.281. The van der Waals surface area contributed by atoms with E-state index in [1.807, 2.05) is 17.2 Å². The lowest BCUT2D eigenvalue weighted by molar-refractivity contribution is -0.129. The van der Waals surface area contributed by atoms with Crippen molar-refractivity contribution in [1.29, 1.82) is 0 Å². The molecule has 0 spiro atoms. The maximum absolute atomic E-state index is 12.2. The Bertz CT molecular complexity index is 538. The molecule has 0 radical (unpaired) electrons. The van der Waals surface area contributed by atoms with Crippen molar-refractivity contribution in [2.24, 2.45) is 5.92 Å². The molecule has 2 rings (SSSR count). The second-order valence-electron chi connectivity index (χ2n) is 6.78. The monoisotopic (exact) mass is 364 g/mol. The van der Waals surface area contributed by atoms with Crippen molar-refractivity contribution in [2.75, 3.05) is 51.8 Å². The van der Waals surface area contributed by atoms with E-state index in [2.05, 4.69) is 30.0 Å². The predicted octanol–water partition coefficient (Wildman–Crippen LogP) is 3.16. The third-order valence-corrected chi connectivity index (χ3v) is 5.47. The fourth-order valence-corrected chi connectivity index (χ4v) is 3.98. The SMILES string of the molecule is CCN(C[C@@H]1CCCN(CCc2cccc(OC)c2)C1)C(=O)CSC. The van der Waals surface area contributed by atoms with Crippen LogP contribution in [0, 0.1) is 5.92 Å². The number of piperidine rings is 1. The fourth-order valence-electron chi connectivity index (χ4n) is 3.55. The van der Waals surface area contributed by atoms with Crippen molar-refractivity contribution in [3.8, 4) is 5.75 Å². The van der Waals surface area contributed by atoms with Crippen LogP contribution in [0.4, 0.5) is 0 Å². The average molecular weight is 365 g/mol. The van der Waals surface area contributed by atoms with Crippen LogP contribution < -0.4 is 4.74 Å². The molecule has 0 N–H and O–H groups in total. The number of thioether (sulfide) groups is 1. The molecule has 1 aliphatic rings. The van der Waals surface area contributed by atoms with Gasteiger partial charge in [0.25, 0.3) is 0 Å². The number of amides is 1. The van der Waals surface area contributed by atoms with E-state index in [0.29, 0.717) is 11.7 Å². The van der Waals surface area contributed by atoms with Crippen LogP contribution in [0.2, 0.25) is 0 Å². The fraction of sp³-hybridized carbons (Fsp3) is 0.650. The van der Waals surface area contributed by atoms with E-state index in [1.165, 1.54) is 24.9 Å². The zero-order chi connectivity index (χ0) is 18.1. The predicted molar refractivity (Wildman–Crippen MR) is 106 cm³/mol. The Morgan fingerprint density at radius 2 is 2.28 bits per heavy atom. The van der Waals surface area contributed by atoms with Crippen molar-refractivity contribution >= 4 is 17.7 Å². The van der Waals surface area contributed by atoms with Gasteiger partial charge in [-0.15, -0.1) is 0 Å². The molecule has 140 valence electrons. The zero-order valence-electron chi connectivity index (χ0n) is 15.9. The molecule has 0 unspecified atom stereocenters. The molecule has 5 heteroatoms. The van der Waals surface area contributed by atoms with Crippen molar-refractivity contribution in [3.63, 3.8) is 0 Å². The van der Waals surface area contributed by atoms with Crippen molar-refractivity contribution in [2.45, 2.75) is 26.2 Å². The number of hydrogen-bond acceptors (Lipinski definition) is 4. The van der Waals surface area contributed by atoms with E-state index in [1.54, 1.807) is 18.9 Å². The summed E-state index contributed by atoms with van der Waals surface area (Å²) in [6.07, 6.45) is 5.51. The smallest absolute Gasteiger partial charge is 0.232 e. The third-order valence-electron chi connectivity index (χ3n) is 4.93. The molecule has 1 aliphatic heterocycles. The minimum absolute atomic E-state index is 0.281. The summed E-state index contributed by atoms with van der Waals surface area (Å²) in [5.41, 5.74) is 1.33. The Hall–Kier alpha value is -1.20. The first-order chi connectivity index (χ1) is 12.2. The van der Waals surface area contributed by atoms with Gasteiger partial charge >= 0.3 is 0 Å². The Balaban J connectivity index is 1.82. The standard InChI is InChI=1S/C20H32N2O2S/c1-4-22(20(23)16-25-3)15-18-8-6-11-21(14-18)12-10-17-7-5-9-19(13-17)24-2/h5,7,9,13,18H,4,6,8,10-12,14-16H2,1-3H3/t18-/m1/s1. The van der Waals surface area contributed by atoms with Crippen molar-refractivity contribution in [1.82, 2.24) is 9.80 Å². The number of carbonyl (C=O) groups is 1. The second-order valence-corrected chi connectivity index (χ2v) is 7.64. The number of benzene rings is 1. The maximum Gasteiger partial charge on any atom is 0.232 e. The van der Waals surface area contributed by atoms with E-state index < -0.39 is 0 Å². The summed E-state index contributed by atoms with van der Waals surface area (Å²) in [6.45, 7) is 7.17. The quantitative estimate of drug-likeness (QED) is 0.674. The van der Waals surface area contributed by atoms with E-state index in [0.717, 1.165) is 38.3 Å². The van der Waals surface area contributed by atoms with Crippen LogP contribution in [-0.4, -0.2) is 67.5 Å². The van der Waals surface area contributed by atoms with Gasteiger partial charge in [0.1, 0.15) is 5.75 Å². The van der Waals surface area contributed by atoms with Gasteiger partial charge in [0.05, 0.1) is 12.9 Å². The Labute approximate surface area is 156 Å². The number of likely N-dealkylation sites (tertiary alicyclic amines) is 1. The molecule has 0 aromatic heterocycles. The first-order valence-electron chi connectivity index (χ1n) is 9.28. The normalized spacial score (nSPS) is 18.1. The summed E-state index contributed by atoms with van der Waals surface area (Å²) < 4.78 is 5.31. The lowest BCUT2D eigenvalue weighted by atomic mass is 9.97. The number of rotatable bonds is 9. The lowest BCUT2D eigenvalue weighted by Gasteiger charge is -2.35. The van der Waals surface area contributed by atoms with Crippen LogP contribution in [-0.2, 0) is 11.2 Å². The molecule has 0 aliphatic carbocycles. The number of nitrogens with zero attached hydrogens (tertiary/aromatic N) is 2. The van der Waals surface area contributed by atoms with Crippen LogP contribution >= 0.6 is 11.8 Å². The number of methoxy groups -OCH3 is 1. The second kappa shape index (κ2) is 10.7.